The van der Waals surface area contributed by atoms with Gasteiger partial charge in [-0.25, -0.2) is 9.98 Å². The van der Waals surface area contributed by atoms with Gasteiger partial charge in [0.1, 0.15) is 5.82 Å². The molecule has 0 saturated carbocycles. The Morgan fingerprint density at radius 3 is 2.40 bits per heavy atom. The summed E-state index contributed by atoms with van der Waals surface area (Å²) < 4.78 is 0. The van der Waals surface area contributed by atoms with Crippen molar-refractivity contribution in [2.75, 3.05) is 58.0 Å². The highest BCUT2D eigenvalue weighted by molar-refractivity contribution is 7.98. The van der Waals surface area contributed by atoms with E-state index in [0.29, 0.717) is 6.54 Å². The van der Waals surface area contributed by atoms with Crippen molar-refractivity contribution in [1.29, 1.82) is 0 Å². The molecular weight excluding hydrogens is 392 g/mol. The Bertz CT molecular complexity index is 797. The maximum Gasteiger partial charge on any atom is 0.194 e. The van der Waals surface area contributed by atoms with E-state index in [-0.39, 0.29) is 0 Å². The molecule has 162 valence electrons. The number of likely N-dealkylation sites (N-methyl/N-ethyl adjacent to an activating group) is 1. The first-order valence-electron chi connectivity index (χ1n) is 10.6. The quantitative estimate of drug-likeness (QED) is 0.417. The summed E-state index contributed by atoms with van der Waals surface area (Å²) in [4.78, 5) is 17.7. The molecule has 6 nitrogen and oxygen atoms in total. The third-order valence-electron chi connectivity index (χ3n) is 5.32. The van der Waals surface area contributed by atoms with E-state index in [4.69, 9.17) is 4.99 Å². The number of aliphatic imine (C=N–C) groups is 1. The van der Waals surface area contributed by atoms with E-state index in [0.717, 1.165) is 56.6 Å². The first kappa shape index (κ1) is 22.4. The number of guanidine groups is 1. The van der Waals surface area contributed by atoms with Gasteiger partial charge in [0.25, 0.3) is 0 Å². The van der Waals surface area contributed by atoms with Crippen LogP contribution in [0.15, 0.2) is 52.5 Å². The van der Waals surface area contributed by atoms with Crippen molar-refractivity contribution in [3.63, 3.8) is 0 Å². The molecule has 0 radical (unpaired) electrons. The molecule has 30 heavy (non-hydrogen) atoms. The highest BCUT2D eigenvalue weighted by atomic mass is 32.2. The van der Waals surface area contributed by atoms with Gasteiger partial charge in [-0.3, -0.25) is 0 Å². The van der Waals surface area contributed by atoms with E-state index in [1.807, 2.05) is 6.20 Å². The van der Waals surface area contributed by atoms with Crippen LogP contribution in [-0.2, 0) is 13.1 Å². The zero-order valence-electron chi connectivity index (χ0n) is 18.6. The van der Waals surface area contributed by atoms with E-state index < -0.39 is 0 Å². The molecule has 1 fully saturated rings. The van der Waals surface area contributed by atoms with Gasteiger partial charge in [0, 0.05) is 57.4 Å². The second-order valence-corrected chi connectivity index (χ2v) is 8.57. The Hall–Kier alpha value is -2.25. The monoisotopic (exact) mass is 426 g/mol. The molecule has 1 aliphatic rings. The lowest BCUT2D eigenvalue weighted by Crippen LogP contribution is -2.44. The molecule has 0 unspecified atom stereocenters. The normalized spacial score (nSPS) is 15.3. The number of hydrogen-bond acceptors (Lipinski definition) is 5. The van der Waals surface area contributed by atoms with Crippen LogP contribution in [0.25, 0.3) is 0 Å². The van der Waals surface area contributed by atoms with Crippen molar-refractivity contribution < 1.29 is 0 Å². The van der Waals surface area contributed by atoms with Crippen molar-refractivity contribution in [2.45, 2.75) is 24.9 Å². The number of benzene rings is 1. The number of thioether (sulfide) groups is 1. The highest BCUT2D eigenvalue weighted by Crippen LogP contribution is 2.16. The molecule has 2 aromatic rings. The van der Waals surface area contributed by atoms with Gasteiger partial charge in [0.05, 0.1) is 6.54 Å². The molecule has 1 saturated heterocycles. The maximum atomic E-state index is 4.83. The molecule has 0 atom stereocenters. The van der Waals surface area contributed by atoms with Gasteiger partial charge >= 0.3 is 0 Å². The molecule has 1 aliphatic heterocycles. The minimum absolute atomic E-state index is 0.619. The summed E-state index contributed by atoms with van der Waals surface area (Å²) in [7, 11) is 4.25. The largest absolute Gasteiger partial charge is 0.357 e. The summed E-state index contributed by atoms with van der Waals surface area (Å²) in [5, 5.41) is 3.40. The summed E-state index contributed by atoms with van der Waals surface area (Å²) in [6, 6.07) is 13.0. The number of rotatable bonds is 7. The molecular formula is C23H34N6S. The molecule has 2 heterocycles. The average Bonchev–Trinajstić information content (AvgIpc) is 2.78. The van der Waals surface area contributed by atoms with E-state index >= 15 is 0 Å². The smallest absolute Gasteiger partial charge is 0.194 e. The standard InChI is InChI=1S/C23H34N6S/c1-5-24-23(28(3)18-19-6-9-21(30-4)10-7-19)26-17-20-8-11-22(25-16-20)29-14-12-27(2)13-15-29/h6-11,16H,5,12-15,17-18H2,1-4H3,(H,24,26). The molecule has 7 heteroatoms. The Kier molecular flexibility index (Phi) is 8.39. The zero-order chi connectivity index (χ0) is 21.3. The Balaban J connectivity index is 1.60. The molecule has 0 aliphatic carbocycles. The summed E-state index contributed by atoms with van der Waals surface area (Å²) >= 11 is 1.77. The number of hydrogen-bond donors (Lipinski definition) is 1. The van der Waals surface area contributed by atoms with E-state index in [2.05, 4.69) is 88.7 Å². The van der Waals surface area contributed by atoms with Crippen molar-refractivity contribution in [1.82, 2.24) is 20.1 Å². The molecule has 3 rings (SSSR count). The lowest BCUT2D eigenvalue weighted by Gasteiger charge is -2.33. The number of piperazine rings is 1. The zero-order valence-corrected chi connectivity index (χ0v) is 19.5. The number of nitrogens with zero attached hydrogens (tertiary/aromatic N) is 5. The molecule has 1 aromatic carbocycles. The molecule has 1 aromatic heterocycles. The Labute approximate surface area is 185 Å². The third-order valence-corrected chi connectivity index (χ3v) is 6.07. The summed E-state index contributed by atoms with van der Waals surface area (Å²) in [5.74, 6) is 1.98. The van der Waals surface area contributed by atoms with E-state index in [1.165, 1.54) is 10.5 Å². The van der Waals surface area contributed by atoms with Gasteiger partial charge in [-0.15, -0.1) is 11.8 Å². The van der Waals surface area contributed by atoms with Gasteiger partial charge in [-0.05, 0) is 49.6 Å². The predicted octanol–water partition coefficient (Wildman–Crippen LogP) is 3.15. The van der Waals surface area contributed by atoms with Crippen molar-refractivity contribution in [2.24, 2.45) is 4.99 Å². The number of anilines is 1. The van der Waals surface area contributed by atoms with Crippen LogP contribution in [0.4, 0.5) is 5.82 Å². The third kappa shape index (κ3) is 6.37. The second kappa shape index (κ2) is 11.2. The van der Waals surface area contributed by atoms with Crippen LogP contribution in [0.1, 0.15) is 18.1 Å². The molecule has 0 bridgehead atoms. The van der Waals surface area contributed by atoms with E-state index in [1.54, 1.807) is 11.8 Å². The van der Waals surface area contributed by atoms with Crippen molar-refractivity contribution >= 4 is 23.5 Å². The lowest BCUT2D eigenvalue weighted by molar-refractivity contribution is 0.312. The minimum Gasteiger partial charge on any atom is -0.357 e. The van der Waals surface area contributed by atoms with E-state index in [9.17, 15) is 0 Å². The first-order valence-corrected chi connectivity index (χ1v) is 11.8. The van der Waals surface area contributed by atoms with Crippen LogP contribution in [0.5, 0.6) is 0 Å². The topological polar surface area (TPSA) is 47.0 Å². The molecule has 0 spiro atoms. The van der Waals surface area contributed by atoms with Gasteiger partial charge in [-0.1, -0.05) is 18.2 Å². The summed E-state index contributed by atoms with van der Waals surface area (Å²) in [6.45, 7) is 8.63. The number of aromatic nitrogens is 1. The van der Waals surface area contributed by atoms with Crippen LogP contribution in [0.2, 0.25) is 0 Å². The van der Waals surface area contributed by atoms with Gasteiger partial charge < -0.3 is 20.0 Å². The Morgan fingerprint density at radius 2 is 1.80 bits per heavy atom. The number of pyridine rings is 1. The van der Waals surface area contributed by atoms with Crippen LogP contribution in [-0.4, -0.2) is 73.8 Å². The highest BCUT2D eigenvalue weighted by Gasteiger charge is 2.15. The van der Waals surface area contributed by atoms with Gasteiger partial charge in [0.2, 0.25) is 0 Å². The predicted molar refractivity (Wildman–Crippen MR) is 128 cm³/mol. The summed E-state index contributed by atoms with van der Waals surface area (Å²) in [5.41, 5.74) is 2.40. The number of nitrogens with one attached hydrogen (secondary N) is 1. The summed E-state index contributed by atoms with van der Waals surface area (Å²) in [6.07, 6.45) is 4.06. The van der Waals surface area contributed by atoms with Crippen LogP contribution < -0.4 is 10.2 Å². The van der Waals surface area contributed by atoms with Gasteiger partial charge in [0.15, 0.2) is 5.96 Å². The maximum absolute atomic E-state index is 4.83. The van der Waals surface area contributed by atoms with Crippen molar-refractivity contribution in [3.8, 4) is 0 Å². The van der Waals surface area contributed by atoms with Crippen molar-refractivity contribution in [3.05, 3.63) is 53.7 Å². The van der Waals surface area contributed by atoms with Gasteiger partial charge in [-0.2, -0.15) is 0 Å². The second-order valence-electron chi connectivity index (χ2n) is 7.69. The average molecular weight is 427 g/mol. The van der Waals surface area contributed by atoms with Crippen LogP contribution in [0.3, 0.4) is 0 Å². The fourth-order valence-corrected chi connectivity index (χ4v) is 3.86. The first-order chi connectivity index (χ1) is 14.6. The van der Waals surface area contributed by atoms with Crippen LogP contribution in [0, 0.1) is 0 Å². The minimum atomic E-state index is 0.619. The SMILES string of the molecule is CCNC(=NCc1ccc(N2CCN(C)CC2)nc1)N(C)Cc1ccc(SC)cc1. The lowest BCUT2D eigenvalue weighted by atomic mass is 10.2. The molecule has 0 amide bonds. The van der Waals surface area contributed by atoms with Crippen LogP contribution >= 0.6 is 11.8 Å². The Morgan fingerprint density at radius 1 is 1.10 bits per heavy atom. The fourth-order valence-electron chi connectivity index (χ4n) is 3.45. The fraction of sp³-hybridized carbons (Fsp3) is 0.478. The molecule has 1 N–H and O–H groups in total.